The lowest BCUT2D eigenvalue weighted by Crippen LogP contribution is -2.51. The minimum Gasteiger partial charge on any atom is -0.462 e. The summed E-state index contributed by atoms with van der Waals surface area (Å²) in [6.07, 6.45) is 34.6. The molecule has 1 unspecified atom stereocenters. The SMILES string of the molecule is CCCCCCCC(=O)OCC(=C\C=C\C(C)=C\C=C\C=C(/C)CC/C=C(\C)C=CC1C(C)(C)C[C@H](OC(C)=O)C[C@@]1(C)O)/C=C/[C@@]12O[C@]1(C)C[C@@H](O)CC2(C)C. The van der Waals surface area contributed by atoms with Crippen LogP contribution in [0.2, 0.25) is 0 Å². The van der Waals surface area contributed by atoms with Crippen molar-refractivity contribution in [3.63, 3.8) is 0 Å². The summed E-state index contributed by atoms with van der Waals surface area (Å²) in [5, 5.41) is 21.7. The Morgan fingerprint density at radius 2 is 1.49 bits per heavy atom. The van der Waals surface area contributed by atoms with E-state index in [1.54, 1.807) is 0 Å². The fraction of sp³-hybridized carbons (Fsp3) is 0.640. The number of unbranched alkanes of at least 4 members (excludes halogenated alkanes) is 4. The zero-order valence-corrected chi connectivity index (χ0v) is 37.3. The van der Waals surface area contributed by atoms with E-state index in [-0.39, 0.29) is 47.5 Å². The van der Waals surface area contributed by atoms with Gasteiger partial charge in [0.25, 0.3) is 0 Å². The molecule has 7 heteroatoms. The number of aliphatic hydroxyl groups is 2. The maximum Gasteiger partial charge on any atom is 0.306 e. The van der Waals surface area contributed by atoms with Gasteiger partial charge in [0, 0.05) is 37.5 Å². The smallest absolute Gasteiger partial charge is 0.306 e. The number of carbonyl (C=O) groups is 2. The highest BCUT2D eigenvalue weighted by Crippen LogP contribution is 2.66. The van der Waals surface area contributed by atoms with Crippen molar-refractivity contribution in [2.75, 3.05) is 6.61 Å². The van der Waals surface area contributed by atoms with Crippen LogP contribution in [0.1, 0.15) is 153 Å². The summed E-state index contributed by atoms with van der Waals surface area (Å²) in [5.74, 6) is -0.515. The zero-order valence-electron chi connectivity index (χ0n) is 37.3. The summed E-state index contributed by atoms with van der Waals surface area (Å²) in [6.45, 7) is 22.6. The van der Waals surface area contributed by atoms with Crippen LogP contribution in [0.4, 0.5) is 0 Å². The monoisotopic (exact) mass is 789 g/mol. The number of hydrogen-bond donors (Lipinski definition) is 2. The second-order valence-corrected chi connectivity index (χ2v) is 18.9. The van der Waals surface area contributed by atoms with Crippen molar-refractivity contribution in [2.45, 2.75) is 182 Å². The molecular weight excluding hydrogens is 713 g/mol. The molecule has 2 saturated carbocycles. The van der Waals surface area contributed by atoms with Gasteiger partial charge >= 0.3 is 11.9 Å². The molecule has 1 aliphatic heterocycles. The topological polar surface area (TPSA) is 106 Å². The van der Waals surface area contributed by atoms with Crippen LogP contribution in [-0.2, 0) is 23.8 Å². The first-order chi connectivity index (χ1) is 26.6. The van der Waals surface area contributed by atoms with Crippen molar-refractivity contribution < 1.29 is 34.0 Å². The number of rotatable bonds is 20. The Morgan fingerprint density at radius 1 is 0.789 bits per heavy atom. The van der Waals surface area contributed by atoms with Crippen LogP contribution in [0.3, 0.4) is 0 Å². The standard InChI is InChI=1S/C50H76O7/c1-12-13-14-15-16-27-45(53)55-36-41(30-31-50-47(8,9)32-42(52)33-49(50,11)57-50)26-20-25-38(3)22-18-17-21-37(2)23-19-24-39(4)28-29-44-46(6,7)34-43(56-40(5)51)35-48(44,10)54/h17-18,20-22,24-26,28-31,42-44,52,54H,12-16,19,23,27,32-36H2,1-11H3/b18-17+,25-20+,29-28?,31-30+,37-21+,38-22+,39-24+,41-26-/t42-,43-,44?,48+,49+,50-/m0/s1. The third-order valence-corrected chi connectivity index (χ3v) is 12.2. The Kier molecular flexibility index (Phi) is 17.8. The number of carbonyl (C=O) groups excluding carboxylic acids is 2. The van der Waals surface area contributed by atoms with Gasteiger partial charge in [-0.25, -0.2) is 0 Å². The Labute approximate surface area is 345 Å². The fourth-order valence-electron chi connectivity index (χ4n) is 9.30. The fourth-order valence-corrected chi connectivity index (χ4v) is 9.30. The maximum atomic E-state index is 12.6. The lowest BCUT2D eigenvalue weighted by Gasteiger charge is -2.49. The first-order valence-electron chi connectivity index (χ1n) is 21.5. The predicted molar refractivity (Wildman–Crippen MR) is 233 cm³/mol. The molecule has 0 radical (unpaired) electrons. The molecular formula is C50H76O7. The molecule has 3 rings (SSSR count). The van der Waals surface area contributed by atoms with E-state index in [2.05, 4.69) is 105 Å². The summed E-state index contributed by atoms with van der Waals surface area (Å²) in [7, 11) is 0. The van der Waals surface area contributed by atoms with Crippen molar-refractivity contribution in [3.8, 4) is 0 Å². The molecule has 6 atom stereocenters. The summed E-state index contributed by atoms with van der Waals surface area (Å²) >= 11 is 0. The Hall–Kier alpha value is -3.26. The predicted octanol–water partition coefficient (Wildman–Crippen LogP) is 11.5. The average Bonchev–Trinajstić information content (AvgIpc) is 3.71. The second-order valence-electron chi connectivity index (χ2n) is 18.9. The average molecular weight is 789 g/mol. The van der Waals surface area contributed by atoms with Crippen LogP contribution in [0, 0.1) is 16.7 Å². The van der Waals surface area contributed by atoms with Crippen molar-refractivity contribution >= 4 is 11.9 Å². The molecule has 0 amide bonds. The third kappa shape index (κ3) is 14.5. The van der Waals surface area contributed by atoms with Crippen LogP contribution in [0.25, 0.3) is 0 Å². The van der Waals surface area contributed by atoms with Crippen molar-refractivity contribution in [2.24, 2.45) is 16.7 Å². The normalized spacial score (nSPS) is 30.7. The molecule has 0 spiro atoms. The maximum absolute atomic E-state index is 12.6. The number of ether oxygens (including phenoxy) is 3. The van der Waals surface area contributed by atoms with E-state index in [1.807, 2.05) is 37.3 Å². The van der Waals surface area contributed by atoms with Gasteiger partial charge < -0.3 is 24.4 Å². The molecule has 0 aromatic rings. The van der Waals surface area contributed by atoms with Gasteiger partial charge in [0.05, 0.1) is 11.7 Å². The van der Waals surface area contributed by atoms with E-state index in [4.69, 9.17) is 14.2 Å². The van der Waals surface area contributed by atoms with Crippen molar-refractivity contribution in [1.29, 1.82) is 0 Å². The summed E-state index contributed by atoms with van der Waals surface area (Å²) in [4.78, 5) is 24.1. The molecule has 318 valence electrons. The van der Waals surface area contributed by atoms with Crippen molar-refractivity contribution in [1.82, 2.24) is 0 Å². The van der Waals surface area contributed by atoms with Gasteiger partial charge in [-0.05, 0) is 83.8 Å². The molecule has 7 nitrogen and oxygen atoms in total. The largest absolute Gasteiger partial charge is 0.462 e. The highest BCUT2D eigenvalue weighted by atomic mass is 16.6. The molecule has 1 heterocycles. The van der Waals surface area contributed by atoms with Crippen LogP contribution < -0.4 is 0 Å². The molecule has 3 aliphatic rings. The molecule has 0 bridgehead atoms. The molecule has 2 N–H and O–H groups in total. The van der Waals surface area contributed by atoms with E-state index in [0.29, 0.717) is 25.7 Å². The Balaban J connectivity index is 1.57. The van der Waals surface area contributed by atoms with Gasteiger partial charge in [0.2, 0.25) is 0 Å². The van der Waals surface area contributed by atoms with Gasteiger partial charge in [-0.15, -0.1) is 0 Å². The minimum atomic E-state index is -0.958. The number of hydrogen-bond acceptors (Lipinski definition) is 7. The number of allylic oxidation sites excluding steroid dienone is 12. The Morgan fingerprint density at radius 3 is 2.16 bits per heavy atom. The summed E-state index contributed by atoms with van der Waals surface area (Å²) in [5.41, 5.74) is 2.18. The molecule has 2 aliphatic carbocycles. The number of esters is 2. The minimum absolute atomic E-state index is 0.0490. The highest BCUT2D eigenvalue weighted by Gasteiger charge is 2.74. The third-order valence-electron chi connectivity index (χ3n) is 12.2. The van der Waals surface area contributed by atoms with Gasteiger partial charge in [0.15, 0.2) is 0 Å². The van der Waals surface area contributed by atoms with Crippen LogP contribution in [0.15, 0.2) is 95.2 Å². The van der Waals surface area contributed by atoms with E-state index in [9.17, 15) is 19.8 Å². The van der Waals surface area contributed by atoms with Crippen LogP contribution >= 0.6 is 0 Å². The lowest BCUT2D eigenvalue weighted by molar-refractivity contribution is -0.163. The Bertz CT molecular complexity index is 1590. The molecule has 0 aromatic heterocycles. The van der Waals surface area contributed by atoms with E-state index < -0.39 is 16.8 Å². The first kappa shape index (κ1) is 48.1. The van der Waals surface area contributed by atoms with Gasteiger partial charge in [-0.2, -0.15) is 0 Å². The number of aliphatic hydroxyl groups excluding tert-OH is 1. The number of epoxide rings is 1. The first-order valence-corrected chi connectivity index (χ1v) is 21.5. The second kappa shape index (κ2) is 21.1. The molecule has 1 saturated heterocycles. The van der Waals surface area contributed by atoms with E-state index in [0.717, 1.165) is 55.2 Å². The van der Waals surface area contributed by atoms with Gasteiger partial charge in [0.1, 0.15) is 23.9 Å². The van der Waals surface area contributed by atoms with Gasteiger partial charge in [-0.3, -0.25) is 9.59 Å². The molecule has 0 aromatic carbocycles. The molecule has 3 fully saturated rings. The molecule has 57 heavy (non-hydrogen) atoms. The van der Waals surface area contributed by atoms with Crippen molar-refractivity contribution in [3.05, 3.63) is 95.2 Å². The van der Waals surface area contributed by atoms with Crippen LogP contribution in [0.5, 0.6) is 0 Å². The quantitative estimate of drug-likeness (QED) is 0.0548. The van der Waals surface area contributed by atoms with Crippen LogP contribution in [-0.4, -0.2) is 57.8 Å². The van der Waals surface area contributed by atoms with E-state index >= 15 is 0 Å². The summed E-state index contributed by atoms with van der Waals surface area (Å²) in [6, 6.07) is 0. The number of fused-ring (bicyclic) bond motifs is 1. The van der Waals surface area contributed by atoms with E-state index in [1.165, 1.54) is 25.3 Å². The highest BCUT2D eigenvalue weighted by molar-refractivity contribution is 5.69. The van der Waals surface area contributed by atoms with Gasteiger partial charge in [-0.1, -0.05) is 144 Å². The lowest BCUT2D eigenvalue weighted by atomic mass is 9.61. The summed E-state index contributed by atoms with van der Waals surface area (Å²) < 4.78 is 17.5. The zero-order chi connectivity index (χ0) is 42.5.